The molecule has 1 N–H and O–H groups in total. The van der Waals surface area contributed by atoms with Crippen molar-refractivity contribution in [3.8, 4) is 5.75 Å². The summed E-state index contributed by atoms with van der Waals surface area (Å²) in [5.41, 5.74) is 0.882. The summed E-state index contributed by atoms with van der Waals surface area (Å²) >= 11 is 5.36. The molecule has 1 aromatic rings. The Morgan fingerprint density at radius 2 is 2.05 bits per heavy atom. The number of nitrogens with zero attached hydrogens (tertiary/aromatic N) is 2. The second-order valence-corrected chi connectivity index (χ2v) is 5.56. The molecule has 118 valence electrons. The highest BCUT2D eigenvalue weighted by atomic mass is 32.1. The molecular formula is C15H19N3O3S. The van der Waals surface area contributed by atoms with Gasteiger partial charge in [-0.05, 0) is 24.4 Å². The minimum absolute atomic E-state index is 0.0123. The van der Waals surface area contributed by atoms with Gasteiger partial charge in [0.15, 0.2) is 11.2 Å². The molecular weight excluding hydrogens is 302 g/mol. The molecule has 1 amide bonds. The zero-order valence-electron chi connectivity index (χ0n) is 12.4. The first-order chi connectivity index (χ1) is 10.7. The van der Waals surface area contributed by atoms with E-state index >= 15 is 0 Å². The third-order valence-corrected chi connectivity index (χ3v) is 4.26. The van der Waals surface area contributed by atoms with Gasteiger partial charge in [0, 0.05) is 20.1 Å². The van der Waals surface area contributed by atoms with Crippen LogP contribution in [0.1, 0.15) is 0 Å². The molecule has 1 atom stereocenters. The van der Waals surface area contributed by atoms with Crippen molar-refractivity contribution in [3.63, 3.8) is 0 Å². The molecule has 3 rings (SSSR count). The number of hydrogen-bond acceptors (Lipinski definition) is 4. The second kappa shape index (κ2) is 6.50. The number of anilines is 1. The van der Waals surface area contributed by atoms with Gasteiger partial charge < -0.3 is 24.6 Å². The number of thiocarbonyl (C=S) groups is 1. The second-order valence-electron chi connectivity index (χ2n) is 5.18. The third-order valence-electron chi connectivity index (χ3n) is 3.83. The van der Waals surface area contributed by atoms with Crippen LogP contribution in [0.25, 0.3) is 0 Å². The average Bonchev–Trinajstić information content (AvgIpc) is 2.60. The predicted octanol–water partition coefficient (Wildman–Crippen LogP) is 0.617. The Morgan fingerprint density at radius 1 is 1.32 bits per heavy atom. The normalized spacial score (nSPS) is 20.9. The highest BCUT2D eigenvalue weighted by molar-refractivity contribution is 7.80. The summed E-state index contributed by atoms with van der Waals surface area (Å²) < 4.78 is 11.2. The molecule has 2 aliphatic heterocycles. The van der Waals surface area contributed by atoms with E-state index in [4.69, 9.17) is 21.7 Å². The van der Waals surface area contributed by atoms with Crippen molar-refractivity contribution in [1.29, 1.82) is 0 Å². The first-order valence-electron chi connectivity index (χ1n) is 7.32. The van der Waals surface area contributed by atoms with Crippen molar-refractivity contribution in [2.75, 3.05) is 44.8 Å². The average molecular weight is 321 g/mol. The Balaban J connectivity index is 1.83. The van der Waals surface area contributed by atoms with Crippen molar-refractivity contribution in [3.05, 3.63) is 24.3 Å². The fraction of sp³-hybridized carbons (Fsp3) is 0.467. The number of rotatable bonds is 1. The number of fused-ring (bicyclic) bond motifs is 1. The highest BCUT2D eigenvalue weighted by Gasteiger charge is 2.35. The first-order valence-corrected chi connectivity index (χ1v) is 7.73. The molecule has 1 saturated heterocycles. The zero-order valence-corrected chi connectivity index (χ0v) is 13.3. The molecule has 0 spiro atoms. The summed E-state index contributed by atoms with van der Waals surface area (Å²) in [6.45, 7) is 2.78. The van der Waals surface area contributed by atoms with Gasteiger partial charge in [0.25, 0.3) is 5.91 Å². The Morgan fingerprint density at radius 3 is 2.77 bits per heavy atom. The van der Waals surface area contributed by atoms with Crippen LogP contribution in [0.4, 0.5) is 5.69 Å². The van der Waals surface area contributed by atoms with Crippen molar-refractivity contribution in [1.82, 2.24) is 10.2 Å². The quantitative estimate of drug-likeness (QED) is 0.765. The number of para-hydroxylation sites is 2. The van der Waals surface area contributed by atoms with Crippen molar-refractivity contribution >= 4 is 28.9 Å². The summed E-state index contributed by atoms with van der Waals surface area (Å²) in [5, 5.41) is 3.55. The maximum atomic E-state index is 12.7. The number of morpholine rings is 1. The topological polar surface area (TPSA) is 54.0 Å². The summed E-state index contributed by atoms with van der Waals surface area (Å²) in [6.07, 6.45) is -0.556. The molecule has 2 aliphatic rings. The maximum absolute atomic E-state index is 12.7. The van der Waals surface area contributed by atoms with Crippen molar-refractivity contribution < 1.29 is 14.3 Å². The summed E-state index contributed by atoms with van der Waals surface area (Å²) in [4.78, 5) is 16.4. The molecule has 0 radical (unpaired) electrons. The monoisotopic (exact) mass is 321 g/mol. The van der Waals surface area contributed by atoms with E-state index in [9.17, 15) is 4.79 Å². The molecule has 1 fully saturated rings. The minimum Gasteiger partial charge on any atom is -0.476 e. The van der Waals surface area contributed by atoms with Gasteiger partial charge in [0.05, 0.1) is 25.4 Å². The van der Waals surface area contributed by atoms with E-state index in [1.807, 2.05) is 29.2 Å². The molecule has 0 aliphatic carbocycles. The standard InChI is InChI=1S/C15H19N3O3S/c1-16-15(22)18-10-13(14(19)17-6-8-20-9-7-17)21-12-5-3-2-4-11(12)18/h2-5,13H,6-10H2,1H3,(H,16,22)/t13-/m1/s1. The Kier molecular flexibility index (Phi) is 4.44. The molecule has 6 nitrogen and oxygen atoms in total. The van der Waals surface area contributed by atoms with Gasteiger partial charge >= 0.3 is 0 Å². The fourth-order valence-electron chi connectivity index (χ4n) is 2.68. The van der Waals surface area contributed by atoms with Crippen LogP contribution in [0.15, 0.2) is 24.3 Å². The Hall–Kier alpha value is -1.86. The number of nitrogens with one attached hydrogen (secondary N) is 1. The van der Waals surface area contributed by atoms with Crippen LogP contribution in [0, 0.1) is 0 Å². The predicted molar refractivity (Wildman–Crippen MR) is 87.3 cm³/mol. The molecule has 22 heavy (non-hydrogen) atoms. The lowest BCUT2D eigenvalue weighted by Gasteiger charge is -2.38. The zero-order chi connectivity index (χ0) is 15.5. The summed E-state index contributed by atoms with van der Waals surface area (Å²) in [5.74, 6) is 0.666. The maximum Gasteiger partial charge on any atom is 0.265 e. The number of ether oxygens (including phenoxy) is 2. The highest BCUT2D eigenvalue weighted by Crippen LogP contribution is 2.33. The summed E-state index contributed by atoms with van der Waals surface area (Å²) in [6, 6.07) is 7.62. The minimum atomic E-state index is -0.556. The van der Waals surface area contributed by atoms with Crippen molar-refractivity contribution in [2.45, 2.75) is 6.10 Å². The van der Waals surface area contributed by atoms with Crippen LogP contribution in [0.5, 0.6) is 5.75 Å². The SMILES string of the molecule is CNC(=S)N1C[C@H](C(=O)N2CCOCC2)Oc2ccccc21. The van der Waals surface area contributed by atoms with Gasteiger partial charge in [-0.2, -0.15) is 0 Å². The van der Waals surface area contributed by atoms with Gasteiger partial charge in [-0.25, -0.2) is 0 Å². The van der Waals surface area contributed by atoms with E-state index in [0.717, 1.165) is 5.69 Å². The van der Waals surface area contributed by atoms with E-state index in [1.54, 1.807) is 11.9 Å². The molecule has 2 heterocycles. The largest absolute Gasteiger partial charge is 0.476 e. The lowest BCUT2D eigenvalue weighted by atomic mass is 10.1. The van der Waals surface area contributed by atoms with Crippen LogP contribution in [-0.4, -0.2) is 61.9 Å². The molecule has 1 aromatic carbocycles. The van der Waals surface area contributed by atoms with Crippen LogP contribution in [0.2, 0.25) is 0 Å². The first kappa shape index (κ1) is 15.1. The number of hydrogen-bond donors (Lipinski definition) is 1. The molecule has 0 aromatic heterocycles. The van der Waals surface area contributed by atoms with E-state index < -0.39 is 6.10 Å². The Bertz CT molecular complexity index is 575. The Labute approximate surface area is 135 Å². The fourth-order valence-corrected chi connectivity index (χ4v) is 2.85. The smallest absolute Gasteiger partial charge is 0.265 e. The molecule has 0 unspecified atom stereocenters. The van der Waals surface area contributed by atoms with Crippen LogP contribution in [-0.2, 0) is 9.53 Å². The number of benzene rings is 1. The number of carbonyl (C=O) groups is 1. The lowest BCUT2D eigenvalue weighted by Crippen LogP contribution is -2.55. The van der Waals surface area contributed by atoms with E-state index in [2.05, 4.69) is 5.32 Å². The van der Waals surface area contributed by atoms with Crippen LogP contribution in [0.3, 0.4) is 0 Å². The number of amides is 1. The molecule has 0 saturated carbocycles. The lowest BCUT2D eigenvalue weighted by molar-refractivity contribution is -0.142. The van der Waals surface area contributed by atoms with Gasteiger partial charge in [0.1, 0.15) is 5.75 Å². The van der Waals surface area contributed by atoms with Gasteiger partial charge in [0.2, 0.25) is 0 Å². The molecule has 0 bridgehead atoms. The van der Waals surface area contributed by atoms with E-state index in [1.165, 1.54) is 0 Å². The van der Waals surface area contributed by atoms with Crippen LogP contribution >= 0.6 is 12.2 Å². The van der Waals surface area contributed by atoms with Gasteiger partial charge in [-0.1, -0.05) is 12.1 Å². The van der Waals surface area contributed by atoms with Crippen LogP contribution < -0.4 is 15.0 Å². The van der Waals surface area contributed by atoms with E-state index in [0.29, 0.717) is 43.7 Å². The summed E-state index contributed by atoms with van der Waals surface area (Å²) in [7, 11) is 1.78. The van der Waals surface area contributed by atoms with Crippen molar-refractivity contribution in [2.24, 2.45) is 0 Å². The molecule has 7 heteroatoms. The van der Waals surface area contributed by atoms with E-state index in [-0.39, 0.29) is 5.91 Å². The van der Waals surface area contributed by atoms with Gasteiger partial charge in [-0.3, -0.25) is 4.79 Å². The number of carbonyl (C=O) groups excluding carboxylic acids is 1. The van der Waals surface area contributed by atoms with Gasteiger partial charge in [-0.15, -0.1) is 0 Å². The third kappa shape index (κ3) is 2.86.